The zero-order chi connectivity index (χ0) is 26.1. The van der Waals surface area contributed by atoms with Crippen LogP contribution in [0.25, 0.3) is 16.7 Å². The highest BCUT2D eigenvalue weighted by molar-refractivity contribution is 6.36. The third-order valence-electron chi connectivity index (χ3n) is 6.06. The minimum atomic E-state index is -0.725. The standard InChI is InChI=1S/C26H22Cl2N4O5/c1-2-36-26(35)19-13-18-22(29-21-7-3-4-10-31(21)25(18)34)32(14-16-6-5-11-37-16)23(19)30-24(33)17-9-8-15(27)12-20(17)28/h3-4,7-10,12-13,16H,2,5-6,11,14H2,1H3/t16-/m1/s1. The van der Waals surface area contributed by atoms with Gasteiger partial charge < -0.3 is 14.0 Å². The van der Waals surface area contributed by atoms with Crippen LogP contribution in [0.15, 0.2) is 58.4 Å². The van der Waals surface area contributed by atoms with E-state index >= 15 is 0 Å². The fourth-order valence-electron chi connectivity index (χ4n) is 4.34. The molecule has 1 aliphatic heterocycles. The minimum absolute atomic E-state index is 0.00430. The molecule has 0 saturated carbocycles. The van der Waals surface area contributed by atoms with Gasteiger partial charge >= 0.3 is 5.97 Å². The number of benzene rings is 1. The Morgan fingerprint density at radius 2 is 2.03 bits per heavy atom. The van der Waals surface area contributed by atoms with Gasteiger partial charge in [-0.1, -0.05) is 29.3 Å². The number of hydrogen-bond donors (Lipinski definition) is 0. The van der Waals surface area contributed by atoms with Crippen LogP contribution in [0.2, 0.25) is 10.0 Å². The molecule has 1 aliphatic rings. The van der Waals surface area contributed by atoms with E-state index in [1.807, 2.05) is 0 Å². The molecule has 190 valence electrons. The smallest absolute Gasteiger partial charge is 0.341 e. The number of halogens is 2. The molecule has 37 heavy (non-hydrogen) atoms. The molecule has 1 atom stereocenters. The zero-order valence-electron chi connectivity index (χ0n) is 19.8. The minimum Gasteiger partial charge on any atom is -0.462 e. The highest BCUT2D eigenvalue weighted by Crippen LogP contribution is 2.22. The number of fused-ring (bicyclic) bond motifs is 2. The first-order valence-corrected chi connectivity index (χ1v) is 12.5. The maximum absolute atomic E-state index is 13.4. The SMILES string of the molecule is CCOC(=O)c1cc2c(=O)n3ccccc3nc2n(C[C@H]2CCCO2)c1=NC(=O)c1ccc(Cl)cc1Cl. The molecule has 4 heterocycles. The second kappa shape index (κ2) is 10.5. The van der Waals surface area contributed by atoms with Crippen LogP contribution >= 0.6 is 23.2 Å². The number of hydrogen-bond acceptors (Lipinski definition) is 6. The van der Waals surface area contributed by atoms with Crippen molar-refractivity contribution in [1.29, 1.82) is 0 Å². The normalized spacial score (nSPS) is 16.0. The Hall–Kier alpha value is -3.53. The number of ether oxygens (including phenoxy) is 2. The van der Waals surface area contributed by atoms with Crippen LogP contribution in [0.1, 0.15) is 40.5 Å². The lowest BCUT2D eigenvalue weighted by molar-refractivity contribution is 0.0521. The zero-order valence-corrected chi connectivity index (χ0v) is 21.3. The highest BCUT2D eigenvalue weighted by atomic mass is 35.5. The van der Waals surface area contributed by atoms with Gasteiger partial charge in [-0.15, -0.1) is 0 Å². The number of pyridine rings is 2. The summed E-state index contributed by atoms with van der Waals surface area (Å²) in [4.78, 5) is 48.9. The average Bonchev–Trinajstić information content (AvgIpc) is 3.39. The van der Waals surface area contributed by atoms with E-state index in [4.69, 9.17) is 37.7 Å². The summed E-state index contributed by atoms with van der Waals surface area (Å²) in [6.07, 6.45) is 3.01. The summed E-state index contributed by atoms with van der Waals surface area (Å²) in [7, 11) is 0. The van der Waals surface area contributed by atoms with Gasteiger partial charge in [-0.2, -0.15) is 4.99 Å². The van der Waals surface area contributed by atoms with Crippen molar-refractivity contribution < 1.29 is 19.1 Å². The van der Waals surface area contributed by atoms with E-state index in [2.05, 4.69) is 4.99 Å². The summed E-state index contributed by atoms with van der Waals surface area (Å²) in [6.45, 7) is 2.57. The third kappa shape index (κ3) is 4.90. The second-order valence-electron chi connectivity index (χ2n) is 8.47. The predicted octanol–water partition coefficient (Wildman–Crippen LogP) is 4.05. The maximum Gasteiger partial charge on any atom is 0.341 e. The fraction of sp³-hybridized carbons (Fsp3) is 0.269. The summed E-state index contributed by atoms with van der Waals surface area (Å²) < 4.78 is 14.1. The van der Waals surface area contributed by atoms with Crippen molar-refractivity contribution in [3.8, 4) is 0 Å². The first-order valence-electron chi connectivity index (χ1n) is 11.7. The summed E-state index contributed by atoms with van der Waals surface area (Å²) in [5.74, 6) is -1.41. The molecule has 1 saturated heterocycles. The van der Waals surface area contributed by atoms with Crippen molar-refractivity contribution in [1.82, 2.24) is 14.0 Å². The summed E-state index contributed by atoms with van der Waals surface area (Å²) in [6, 6.07) is 11.0. The van der Waals surface area contributed by atoms with Gasteiger partial charge in [0.1, 0.15) is 16.9 Å². The topological polar surface area (TPSA) is 104 Å². The Kier molecular flexibility index (Phi) is 7.10. The van der Waals surface area contributed by atoms with E-state index in [0.29, 0.717) is 17.3 Å². The molecule has 11 heteroatoms. The molecular formula is C26H22Cl2N4O5. The quantitative estimate of drug-likeness (QED) is 0.279. The van der Waals surface area contributed by atoms with Crippen LogP contribution in [-0.2, 0) is 16.0 Å². The number of nitrogens with zero attached hydrogens (tertiary/aromatic N) is 4. The summed E-state index contributed by atoms with van der Waals surface area (Å²) >= 11 is 12.2. The molecule has 0 aliphatic carbocycles. The van der Waals surface area contributed by atoms with Crippen LogP contribution in [0.5, 0.6) is 0 Å². The van der Waals surface area contributed by atoms with Crippen LogP contribution in [0.3, 0.4) is 0 Å². The summed E-state index contributed by atoms with van der Waals surface area (Å²) in [5, 5.41) is 0.665. The van der Waals surface area contributed by atoms with Crippen molar-refractivity contribution in [2.75, 3.05) is 13.2 Å². The van der Waals surface area contributed by atoms with Crippen molar-refractivity contribution in [2.45, 2.75) is 32.4 Å². The number of amides is 1. The van der Waals surface area contributed by atoms with Gasteiger partial charge in [-0.3, -0.25) is 14.0 Å². The molecule has 5 rings (SSSR count). The lowest BCUT2D eigenvalue weighted by atomic mass is 10.1. The molecule has 0 spiro atoms. The molecular weight excluding hydrogens is 519 g/mol. The van der Waals surface area contributed by atoms with E-state index in [-0.39, 0.29) is 57.5 Å². The largest absolute Gasteiger partial charge is 0.462 e. The van der Waals surface area contributed by atoms with Crippen LogP contribution < -0.4 is 11.0 Å². The van der Waals surface area contributed by atoms with Crippen molar-refractivity contribution in [3.05, 3.63) is 85.7 Å². The average molecular weight is 541 g/mol. The lowest BCUT2D eigenvalue weighted by Gasteiger charge is -2.18. The van der Waals surface area contributed by atoms with Crippen LogP contribution in [0.4, 0.5) is 0 Å². The lowest BCUT2D eigenvalue weighted by Crippen LogP contribution is -2.35. The van der Waals surface area contributed by atoms with E-state index in [1.54, 1.807) is 35.9 Å². The molecule has 4 aromatic rings. The van der Waals surface area contributed by atoms with Gasteiger partial charge in [-0.05, 0) is 56.2 Å². The molecule has 1 aromatic carbocycles. The Labute approximate surface area is 220 Å². The van der Waals surface area contributed by atoms with Crippen molar-refractivity contribution in [3.63, 3.8) is 0 Å². The maximum atomic E-state index is 13.4. The number of carbonyl (C=O) groups is 2. The van der Waals surface area contributed by atoms with Gasteiger partial charge in [0.25, 0.3) is 11.5 Å². The Morgan fingerprint density at radius 1 is 1.19 bits per heavy atom. The van der Waals surface area contributed by atoms with Gasteiger partial charge in [0.15, 0.2) is 5.49 Å². The van der Waals surface area contributed by atoms with Crippen LogP contribution in [-0.4, -0.2) is 45.1 Å². The predicted molar refractivity (Wildman–Crippen MR) is 138 cm³/mol. The first kappa shape index (κ1) is 25.1. The van der Waals surface area contributed by atoms with E-state index in [1.165, 1.54) is 28.7 Å². The van der Waals surface area contributed by atoms with E-state index in [9.17, 15) is 14.4 Å². The monoisotopic (exact) mass is 540 g/mol. The van der Waals surface area contributed by atoms with Gasteiger partial charge in [0, 0.05) is 17.8 Å². The van der Waals surface area contributed by atoms with Crippen LogP contribution in [0, 0.1) is 0 Å². The fourth-order valence-corrected chi connectivity index (χ4v) is 4.83. The molecule has 0 unspecified atom stereocenters. The summed E-state index contributed by atoms with van der Waals surface area (Å²) in [5.41, 5.74) is 0.378. The van der Waals surface area contributed by atoms with Gasteiger partial charge in [0.05, 0.1) is 35.2 Å². The number of rotatable bonds is 5. The molecule has 0 bridgehead atoms. The number of aromatic nitrogens is 3. The molecule has 0 radical (unpaired) electrons. The molecule has 1 fully saturated rings. The van der Waals surface area contributed by atoms with E-state index < -0.39 is 11.9 Å². The Morgan fingerprint density at radius 3 is 2.76 bits per heavy atom. The van der Waals surface area contributed by atoms with Gasteiger partial charge in [-0.25, -0.2) is 9.78 Å². The first-order chi connectivity index (χ1) is 17.9. The number of esters is 1. The molecule has 9 nitrogen and oxygen atoms in total. The number of carbonyl (C=O) groups excluding carboxylic acids is 2. The third-order valence-corrected chi connectivity index (χ3v) is 6.61. The van der Waals surface area contributed by atoms with Crippen molar-refractivity contribution >= 4 is 51.8 Å². The molecule has 0 N–H and O–H groups in total. The molecule has 3 aromatic heterocycles. The van der Waals surface area contributed by atoms with Gasteiger partial charge in [0.2, 0.25) is 0 Å². The molecule has 1 amide bonds. The highest BCUT2D eigenvalue weighted by Gasteiger charge is 2.24. The second-order valence-corrected chi connectivity index (χ2v) is 9.32. The van der Waals surface area contributed by atoms with E-state index in [0.717, 1.165) is 12.8 Å². The Balaban J connectivity index is 1.86. The Bertz CT molecular complexity index is 1670. The van der Waals surface area contributed by atoms with Crippen molar-refractivity contribution in [2.24, 2.45) is 4.99 Å².